The zero-order chi connectivity index (χ0) is 24.6. The molecular formula is C20H52O6Si5. The van der Waals surface area contributed by atoms with Gasteiger partial charge in [-0.05, 0) is 64.8 Å². The van der Waals surface area contributed by atoms with E-state index in [0.717, 1.165) is 32.3 Å². The standard InChI is InChI=1S/C14H36O5Si4.C6H16OSi/c1-20(2,11-9-10-16-12-14-13-17-14)23(7,8)19-22(5,6)18-21(3,4)15;1-4-5-6-8(2,3)7/h14-15H,9-13H2,1-8H3;7H,4-6H2,1-3H3. The summed E-state index contributed by atoms with van der Waals surface area (Å²) in [5, 5.41) is 0. The Morgan fingerprint density at radius 1 is 0.839 bits per heavy atom. The smallest absolute Gasteiger partial charge is 0.320 e. The molecule has 1 heterocycles. The molecular weight excluding hydrogens is 477 g/mol. The minimum atomic E-state index is -2.55. The van der Waals surface area contributed by atoms with Crippen molar-refractivity contribution in [1.29, 1.82) is 0 Å². The fourth-order valence-corrected chi connectivity index (χ4v) is 24.5. The van der Waals surface area contributed by atoms with Gasteiger partial charge in [0.05, 0.1) is 20.8 Å². The SMILES string of the molecule is CCCC[Si](C)(C)O.C[Si](C)(O)O[Si](C)(C)O[Si](C)(C)[Si](C)(C)CCCOCC1CO1. The summed E-state index contributed by atoms with van der Waals surface area (Å²) in [6.07, 6.45) is 3.84. The maximum absolute atomic E-state index is 10.1. The van der Waals surface area contributed by atoms with Crippen LogP contribution in [0.5, 0.6) is 0 Å². The number of epoxide rings is 1. The monoisotopic (exact) mass is 528 g/mol. The van der Waals surface area contributed by atoms with Crippen LogP contribution >= 0.6 is 0 Å². The molecule has 0 bridgehead atoms. The molecule has 11 heteroatoms. The lowest BCUT2D eigenvalue weighted by molar-refractivity contribution is 0.117. The Labute approximate surface area is 197 Å². The highest BCUT2D eigenvalue weighted by Gasteiger charge is 2.47. The van der Waals surface area contributed by atoms with Crippen molar-refractivity contribution < 1.29 is 27.3 Å². The summed E-state index contributed by atoms with van der Waals surface area (Å²) < 4.78 is 23.4. The van der Waals surface area contributed by atoms with Gasteiger partial charge in [-0.1, -0.05) is 38.9 Å². The molecule has 1 aliphatic heterocycles. The molecule has 0 spiro atoms. The highest BCUT2D eigenvalue weighted by Crippen LogP contribution is 2.30. The zero-order valence-electron chi connectivity index (χ0n) is 22.3. The molecule has 1 unspecified atom stereocenters. The van der Waals surface area contributed by atoms with Gasteiger partial charge in [0.1, 0.15) is 6.10 Å². The molecule has 1 fully saturated rings. The average Bonchev–Trinajstić information content (AvgIpc) is 3.33. The van der Waals surface area contributed by atoms with Gasteiger partial charge in [-0.2, -0.15) is 0 Å². The van der Waals surface area contributed by atoms with Gasteiger partial charge in [0, 0.05) is 6.61 Å². The third kappa shape index (κ3) is 17.0. The zero-order valence-corrected chi connectivity index (χ0v) is 27.3. The Hall–Kier alpha value is 0.844. The maximum atomic E-state index is 10.1. The van der Waals surface area contributed by atoms with Crippen LogP contribution in [0.1, 0.15) is 26.2 Å². The van der Waals surface area contributed by atoms with Gasteiger partial charge in [-0.15, -0.1) is 0 Å². The van der Waals surface area contributed by atoms with E-state index in [0.29, 0.717) is 6.10 Å². The van der Waals surface area contributed by atoms with Crippen molar-refractivity contribution in [3.8, 4) is 0 Å². The molecule has 31 heavy (non-hydrogen) atoms. The number of unbranched alkanes of at least 4 members (excludes halogenated alkanes) is 1. The fourth-order valence-electron chi connectivity index (χ4n) is 3.28. The first-order valence-electron chi connectivity index (χ1n) is 11.8. The van der Waals surface area contributed by atoms with E-state index in [4.69, 9.17) is 17.7 Å². The van der Waals surface area contributed by atoms with Gasteiger partial charge in [0.25, 0.3) is 0 Å². The number of hydrogen-bond donors (Lipinski definition) is 2. The van der Waals surface area contributed by atoms with Crippen LogP contribution in [0.25, 0.3) is 0 Å². The minimum Gasteiger partial charge on any atom is -0.439 e. The second kappa shape index (κ2) is 13.1. The predicted molar refractivity (Wildman–Crippen MR) is 144 cm³/mol. The Bertz CT molecular complexity index is 499. The van der Waals surface area contributed by atoms with Crippen molar-refractivity contribution >= 4 is 40.9 Å². The molecule has 1 rings (SSSR count). The lowest BCUT2D eigenvalue weighted by Gasteiger charge is -2.44. The van der Waals surface area contributed by atoms with E-state index in [-0.39, 0.29) is 0 Å². The molecule has 0 aromatic rings. The van der Waals surface area contributed by atoms with Crippen molar-refractivity contribution in [2.24, 2.45) is 0 Å². The highest BCUT2D eigenvalue weighted by atomic mass is 29.3. The van der Waals surface area contributed by atoms with Crippen molar-refractivity contribution in [3.05, 3.63) is 0 Å². The van der Waals surface area contributed by atoms with Crippen molar-refractivity contribution in [3.63, 3.8) is 0 Å². The van der Waals surface area contributed by atoms with Gasteiger partial charge in [0.15, 0.2) is 16.2 Å². The second-order valence-corrected chi connectivity index (χ2v) is 37.9. The molecule has 1 atom stereocenters. The summed E-state index contributed by atoms with van der Waals surface area (Å²) in [6.45, 7) is 25.8. The molecule has 2 N–H and O–H groups in total. The molecule has 0 aromatic heterocycles. The van der Waals surface area contributed by atoms with Crippen molar-refractivity contribution in [2.45, 2.75) is 110 Å². The first kappa shape index (κ1) is 31.8. The number of ether oxygens (including phenoxy) is 2. The topological polar surface area (TPSA) is 80.7 Å². The van der Waals surface area contributed by atoms with E-state index in [1.54, 1.807) is 0 Å². The summed E-state index contributed by atoms with van der Waals surface area (Å²) in [5.74, 6) is 0. The van der Waals surface area contributed by atoms with E-state index in [9.17, 15) is 9.59 Å². The first-order chi connectivity index (χ1) is 13.8. The molecule has 0 radical (unpaired) electrons. The Balaban J connectivity index is 0.000000954. The summed E-state index contributed by atoms with van der Waals surface area (Å²) in [4.78, 5) is 19.4. The Morgan fingerprint density at radius 2 is 1.39 bits per heavy atom. The van der Waals surface area contributed by atoms with Gasteiger partial charge in [0.2, 0.25) is 0 Å². The third-order valence-electron chi connectivity index (χ3n) is 5.57. The van der Waals surface area contributed by atoms with Crippen LogP contribution in [0.4, 0.5) is 0 Å². The quantitative estimate of drug-likeness (QED) is 0.183. The molecule has 0 aromatic carbocycles. The van der Waals surface area contributed by atoms with Gasteiger partial charge in [-0.3, -0.25) is 0 Å². The van der Waals surface area contributed by atoms with Crippen LogP contribution in [0, 0.1) is 0 Å². The van der Waals surface area contributed by atoms with Gasteiger partial charge in [-0.25, -0.2) is 0 Å². The number of hydrogen-bond acceptors (Lipinski definition) is 6. The van der Waals surface area contributed by atoms with Crippen LogP contribution in [0.3, 0.4) is 0 Å². The summed E-state index contributed by atoms with van der Waals surface area (Å²) in [6, 6.07) is 2.27. The molecule has 1 saturated heterocycles. The summed E-state index contributed by atoms with van der Waals surface area (Å²) in [7, 11) is -9.83. The van der Waals surface area contributed by atoms with E-state index in [2.05, 4.69) is 46.2 Å². The molecule has 6 nitrogen and oxygen atoms in total. The van der Waals surface area contributed by atoms with Crippen LogP contribution < -0.4 is 0 Å². The largest absolute Gasteiger partial charge is 0.439 e. The summed E-state index contributed by atoms with van der Waals surface area (Å²) in [5.41, 5.74) is 0. The Morgan fingerprint density at radius 3 is 1.77 bits per heavy atom. The van der Waals surface area contributed by atoms with Crippen molar-refractivity contribution in [1.82, 2.24) is 0 Å². The third-order valence-corrected chi connectivity index (χ3v) is 31.4. The fraction of sp³-hybridized carbons (Fsp3) is 1.00. The molecule has 188 valence electrons. The summed E-state index contributed by atoms with van der Waals surface area (Å²) >= 11 is 0. The normalized spacial score (nSPS) is 17.9. The molecule has 0 amide bonds. The average molecular weight is 529 g/mol. The van der Waals surface area contributed by atoms with E-state index < -0.39 is 40.9 Å². The molecule has 1 aliphatic rings. The van der Waals surface area contributed by atoms with Crippen LogP contribution in [0.15, 0.2) is 0 Å². The van der Waals surface area contributed by atoms with Crippen LogP contribution in [-0.4, -0.2) is 76.4 Å². The molecule has 0 aliphatic carbocycles. The Kier molecular flexibility index (Phi) is 13.4. The molecule has 0 saturated carbocycles. The first-order valence-corrected chi connectivity index (χ1v) is 27.8. The second-order valence-electron chi connectivity index (χ2n) is 11.5. The van der Waals surface area contributed by atoms with E-state index >= 15 is 0 Å². The maximum Gasteiger partial charge on any atom is 0.320 e. The minimum absolute atomic E-state index is 0.351. The van der Waals surface area contributed by atoms with Crippen LogP contribution in [-0.2, 0) is 17.7 Å². The van der Waals surface area contributed by atoms with E-state index in [1.165, 1.54) is 18.9 Å². The van der Waals surface area contributed by atoms with Crippen molar-refractivity contribution in [2.75, 3.05) is 19.8 Å². The lowest BCUT2D eigenvalue weighted by Crippen LogP contribution is -2.63. The van der Waals surface area contributed by atoms with Gasteiger partial charge >= 0.3 is 17.1 Å². The predicted octanol–water partition coefficient (Wildman–Crippen LogP) is 5.20. The lowest BCUT2D eigenvalue weighted by atomic mass is 10.4. The van der Waals surface area contributed by atoms with Gasteiger partial charge < -0.3 is 27.3 Å². The highest BCUT2D eigenvalue weighted by molar-refractivity contribution is 7.39. The van der Waals surface area contributed by atoms with E-state index in [1.807, 2.05) is 26.2 Å². The number of rotatable bonds is 14. The van der Waals surface area contributed by atoms with Crippen LogP contribution in [0.2, 0.25) is 77.6 Å².